The van der Waals surface area contributed by atoms with E-state index in [9.17, 15) is 4.79 Å². The summed E-state index contributed by atoms with van der Waals surface area (Å²) in [6.45, 7) is 3.32. The zero-order chi connectivity index (χ0) is 31.9. The number of nitrogens with zero attached hydrogens (tertiary/aromatic N) is 5. The number of carbonyl (C=O) groups excluding carboxylic acids is 1. The Morgan fingerprint density at radius 3 is 2.37 bits per heavy atom. The molecule has 1 aromatic heterocycles. The lowest BCUT2D eigenvalue weighted by atomic mass is 9.98. The van der Waals surface area contributed by atoms with Crippen molar-refractivity contribution in [1.29, 1.82) is 5.26 Å². The van der Waals surface area contributed by atoms with Crippen LogP contribution in [-0.4, -0.2) is 53.1 Å². The number of methoxy groups -OCH3 is 2. The summed E-state index contributed by atoms with van der Waals surface area (Å²) in [4.78, 5) is 15.3. The molecule has 1 aliphatic heterocycles. The summed E-state index contributed by atoms with van der Waals surface area (Å²) in [5.41, 5.74) is 7.98. The smallest absolute Gasteiger partial charge is 0.255 e. The predicted molar refractivity (Wildman–Crippen MR) is 176 cm³/mol. The highest BCUT2D eigenvalue weighted by atomic mass is 16.5. The summed E-state index contributed by atoms with van der Waals surface area (Å²) in [6, 6.07) is 28.7. The Balaban J connectivity index is 1.02. The van der Waals surface area contributed by atoms with E-state index in [2.05, 4.69) is 68.3 Å². The van der Waals surface area contributed by atoms with Gasteiger partial charge in [-0.05, 0) is 90.2 Å². The Bertz CT molecular complexity index is 1860. The fourth-order valence-corrected chi connectivity index (χ4v) is 5.56. The summed E-state index contributed by atoms with van der Waals surface area (Å²) in [6.07, 6.45) is 3.85. The van der Waals surface area contributed by atoms with Crippen LogP contribution < -0.4 is 20.1 Å². The van der Waals surface area contributed by atoms with E-state index in [0.29, 0.717) is 23.4 Å². The third-order valence-corrected chi connectivity index (χ3v) is 8.17. The van der Waals surface area contributed by atoms with Gasteiger partial charge in [0.05, 0.1) is 55.7 Å². The second-order valence-electron chi connectivity index (χ2n) is 11.1. The van der Waals surface area contributed by atoms with E-state index in [-0.39, 0.29) is 5.91 Å². The first-order chi connectivity index (χ1) is 22.5. The highest BCUT2D eigenvalue weighted by Crippen LogP contribution is 2.33. The number of fused-ring (bicyclic) bond motifs is 1. The lowest BCUT2D eigenvalue weighted by molar-refractivity contribution is 0.102. The molecule has 2 N–H and O–H groups in total. The molecule has 4 aromatic carbocycles. The van der Waals surface area contributed by atoms with Gasteiger partial charge in [0.25, 0.3) is 5.91 Å². The number of nitrogens with one attached hydrogen (secondary N) is 2. The van der Waals surface area contributed by atoms with Crippen LogP contribution in [0.4, 0.5) is 11.4 Å². The van der Waals surface area contributed by atoms with Crippen LogP contribution in [-0.2, 0) is 25.9 Å². The minimum absolute atomic E-state index is 0.254. The normalized spacial score (nSPS) is 12.5. The van der Waals surface area contributed by atoms with Gasteiger partial charge in [0, 0.05) is 25.2 Å². The minimum atomic E-state index is -0.254. The number of hydrogen-bond acceptors (Lipinski definition) is 8. The number of rotatable bonds is 11. The molecule has 2 heterocycles. The third kappa shape index (κ3) is 7.01. The van der Waals surface area contributed by atoms with Crippen molar-refractivity contribution in [2.75, 3.05) is 37.9 Å². The van der Waals surface area contributed by atoms with Gasteiger partial charge >= 0.3 is 0 Å². The highest BCUT2D eigenvalue weighted by molar-refractivity contribution is 6.05. The van der Waals surface area contributed by atoms with Crippen molar-refractivity contribution < 1.29 is 14.3 Å². The van der Waals surface area contributed by atoms with Crippen LogP contribution in [0.2, 0.25) is 0 Å². The molecule has 6 rings (SSSR count). The fourth-order valence-electron chi connectivity index (χ4n) is 5.56. The van der Waals surface area contributed by atoms with E-state index in [4.69, 9.17) is 14.7 Å². The average Bonchev–Trinajstić information content (AvgIpc) is 3.59. The lowest BCUT2D eigenvalue weighted by Crippen LogP contribution is -2.32. The van der Waals surface area contributed by atoms with Gasteiger partial charge in [0.1, 0.15) is 5.69 Å². The van der Waals surface area contributed by atoms with Gasteiger partial charge in [-0.2, -0.15) is 5.26 Å². The molecule has 10 heteroatoms. The Labute approximate surface area is 268 Å². The molecule has 0 bridgehead atoms. The predicted octanol–water partition coefficient (Wildman–Crippen LogP) is 5.62. The van der Waals surface area contributed by atoms with E-state index in [1.807, 2.05) is 30.5 Å². The van der Waals surface area contributed by atoms with Crippen molar-refractivity contribution in [3.05, 3.63) is 125 Å². The molecule has 0 aliphatic carbocycles. The minimum Gasteiger partial charge on any atom is -0.493 e. The van der Waals surface area contributed by atoms with E-state index in [0.717, 1.165) is 61.0 Å². The number of para-hydroxylation sites is 2. The van der Waals surface area contributed by atoms with E-state index in [1.165, 1.54) is 16.7 Å². The zero-order valence-corrected chi connectivity index (χ0v) is 25.9. The van der Waals surface area contributed by atoms with Gasteiger partial charge in [-0.1, -0.05) is 29.5 Å². The first kappa shape index (κ1) is 30.4. The number of carbonyl (C=O) groups is 1. The maximum atomic E-state index is 12.8. The molecule has 0 atom stereocenters. The first-order valence-corrected chi connectivity index (χ1v) is 15.1. The van der Waals surface area contributed by atoms with Crippen molar-refractivity contribution in [2.45, 2.75) is 25.9 Å². The largest absolute Gasteiger partial charge is 0.493 e. The second kappa shape index (κ2) is 14.0. The fraction of sp³-hybridized carbons (Fsp3) is 0.222. The molecule has 0 fully saturated rings. The first-order valence-electron chi connectivity index (χ1n) is 15.1. The van der Waals surface area contributed by atoms with Crippen LogP contribution >= 0.6 is 0 Å². The van der Waals surface area contributed by atoms with Crippen molar-refractivity contribution in [2.24, 2.45) is 0 Å². The molecule has 0 unspecified atom stereocenters. The summed E-state index contributed by atoms with van der Waals surface area (Å²) >= 11 is 0. The van der Waals surface area contributed by atoms with E-state index >= 15 is 0 Å². The average molecular weight is 614 g/mol. The molecule has 5 aromatic rings. The Morgan fingerprint density at radius 2 is 1.65 bits per heavy atom. The Kier molecular flexibility index (Phi) is 9.22. The molecule has 10 nitrogen and oxygen atoms in total. The molecular formula is C36H35N7O3. The Hall–Kier alpha value is -5.66. The molecule has 1 amide bonds. The van der Waals surface area contributed by atoms with Gasteiger partial charge in [0.2, 0.25) is 0 Å². The van der Waals surface area contributed by atoms with Crippen molar-refractivity contribution in [1.82, 2.24) is 19.9 Å². The topological polar surface area (TPSA) is 117 Å². The number of amides is 1. The maximum Gasteiger partial charge on any atom is 0.255 e. The van der Waals surface area contributed by atoms with Crippen LogP contribution in [0.1, 0.15) is 38.3 Å². The lowest BCUT2D eigenvalue weighted by Gasteiger charge is -2.29. The summed E-state index contributed by atoms with van der Waals surface area (Å²) in [5, 5.41) is 24.0. The second-order valence-corrected chi connectivity index (χ2v) is 11.1. The SMILES string of the molecule is COc1cc2c(cc1OC)CN(CCc1ccc(-n3cc(CNc4ccccc4NC(=O)c4ccc(C#N)cc4)nn3)cc1)CC2. The van der Waals surface area contributed by atoms with Crippen LogP contribution in [0, 0.1) is 11.3 Å². The molecular weight excluding hydrogens is 578 g/mol. The number of hydrogen-bond donors (Lipinski definition) is 2. The number of anilines is 2. The molecule has 1 aliphatic rings. The van der Waals surface area contributed by atoms with Gasteiger partial charge < -0.3 is 20.1 Å². The zero-order valence-electron chi connectivity index (χ0n) is 25.9. The van der Waals surface area contributed by atoms with Crippen LogP contribution in [0.15, 0.2) is 91.1 Å². The van der Waals surface area contributed by atoms with Crippen LogP contribution in [0.5, 0.6) is 11.5 Å². The molecule has 0 radical (unpaired) electrons. The summed E-state index contributed by atoms with van der Waals surface area (Å²) in [7, 11) is 3.35. The van der Waals surface area contributed by atoms with Crippen molar-refractivity contribution >= 4 is 17.3 Å². The molecule has 0 saturated carbocycles. The Morgan fingerprint density at radius 1 is 0.935 bits per heavy atom. The number of ether oxygens (including phenoxy) is 2. The van der Waals surface area contributed by atoms with E-state index < -0.39 is 0 Å². The molecule has 0 saturated heterocycles. The molecule has 46 heavy (non-hydrogen) atoms. The van der Waals surface area contributed by atoms with Gasteiger partial charge in [0.15, 0.2) is 11.5 Å². The van der Waals surface area contributed by atoms with Crippen LogP contribution in [0.25, 0.3) is 5.69 Å². The standard InChI is InChI=1S/C36H35N7O3/c1-45-34-19-28-16-18-42(23-29(28)20-35(34)46-2)17-15-25-9-13-31(14-10-25)43-24-30(40-41-43)22-38-32-5-3-4-6-33(32)39-36(44)27-11-7-26(21-37)8-12-27/h3-14,19-20,24,38H,15-18,22-23H2,1-2H3,(H,39,44). The quantitative estimate of drug-likeness (QED) is 0.197. The van der Waals surface area contributed by atoms with Gasteiger partial charge in [-0.25, -0.2) is 4.68 Å². The van der Waals surface area contributed by atoms with Gasteiger partial charge in [-0.3, -0.25) is 9.69 Å². The van der Waals surface area contributed by atoms with Crippen molar-refractivity contribution in [3.8, 4) is 23.3 Å². The number of benzene rings is 4. The van der Waals surface area contributed by atoms with E-state index in [1.54, 1.807) is 43.2 Å². The number of nitriles is 1. The molecule has 0 spiro atoms. The number of aromatic nitrogens is 3. The third-order valence-electron chi connectivity index (χ3n) is 8.17. The monoisotopic (exact) mass is 613 g/mol. The summed E-state index contributed by atoms with van der Waals surface area (Å²) < 4.78 is 12.7. The van der Waals surface area contributed by atoms with Crippen molar-refractivity contribution in [3.63, 3.8) is 0 Å². The van der Waals surface area contributed by atoms with Gasteiger partial charge in [-0.15, -0.1) is 5.10 Å². The van der Waals surface area contributed by atoms with Crippen LogP contribution in [0.3, 0.4) is 0 Å². The highest BCUT2D eigenvalue weighted by Gasteiger charge is 2.19. The molecule has 232 valence electrons. The summed E-state index contributed by atoms with van der Waals surface area (Å²) in [5.74, 6) is 1.31. The maximum absolute atomic E-state index is 12.8.